The van der Waals surface area contributed by atoms with E-state index in [1.165, 1.54) is 11.3 Å². The highest BCUT2D eigenvalue weighted by molar-refractivity contribution is 7.14. The Bertz CT molecular complexity index is 1030. The zero-order valence-corrected chi connectivity index (χ0v) is 16.4. The van der Waals surface area contributed by atoms with Gasteiger partial charge in [-0.25, -0.2) is 4.98 Å². The van der Waals surface area contributed by atoms with Crippen molar-refractivity contribution >= 4 is 28.6 Å². The molecule has 0 bridgehead atoms. The molecule has 0 spiro atoms. The molecule has 0 amide bonds. The van der Waals surface area contributed by atoms with Crippen LogP contribution >= 0.6 is 22.7 Å². The maximum absolute atomic E-state index is 12.0. The van der Waals surface area contributed by atoms with E-state index in [0.29, 0.717) is 31.2 Å². The average Bonchev–Trinajstić information content (AvgIpc) is 3.47. The monoisotopic (exact) mass is 412 g/mol. The number of rotatable bonds is 8. The van der Waals surface area contributed by atoms with Crippen molar-refractivity contribution in [2.45, 2.75) is 19.3 Å². The van der Waals surface area contributed by atoms with Crippen molar-refractivity contribution in [2.75, 3.05) is 6.61 Å². The number of thiazole rings is 1. The summed E-state index contributed by atoms with van der Waals surface area (Å²) in [6.45, 7) is 0.297. The lowest BCUT2D eigenvalue weighted by Gasteiger charge is -2.02. The molecule has 0 aliphatic carbocycles. The first-order valence-electron chi connectivity index (χ1n) is 8.63. The quantitative estimate of drug-likeness (QED) is 0.319. The van der Waals surface area contributed by atoms with Gasteiger partial charge in [0.15, 0.2) is 0 Å². The number of carbonyl (C=O) groups excluding carboxylic acids is 1. The minimum atomic E-state index is -0.288. The summed E-state index contributed by atoms with van der Waals surface area (Å²) < 4.78 is 10.5. The number of pyridine rings is 1. The smallest absolute Gasteiger partial charge is 0.311 e. The SMILES string of the molecule is O=C(Cc1csc(-c2ccsc2)n1)OCCCc1nc(-c2cccnc2)no1. The van der Waals surface area contributed by atoms with Crippen LogP contribution in [0.5, 0.6) is 0 Å². The molecule has 0 N–H and O–H groups in total. The second kappa shape index (κ2) is 8.85. The lowest BCUT2D eigenvalue weighted by Crippen LogP contribution is -2.10. The van der Waals surface area contributed by atoms with Crippen LogP contribution in [0.1, 0.15) is 18.0 Å². The molecule has 0 aliphatic rings. The first-order chi connectivity index (χ1) is 13.8. The molecule has 0 radical (unpaired) electrons. The van der Waals surface area contributed by atoms with Crippen molar-refractivity contribution in [3.05, 3.63) is 58.3 Å². The molecule has 9 heteroatoms. The number of esters is 1. The maximum atomic E-state index is 12.0. The highest BCUT2D eigenvalue weighted by Crippen LogP contribution is 2.25. The van der Waals surface area contributed by atoms with Crippen molar-refractivity contribution in [1.29, 1.82) is 0 Å². The van der Waals surface area contributed by atoms with Gasteiger partial charge in [-0.05, 0) is 30.0 Å². The van der Waals surface area contributed by atoms with Crippen molar-refractivity contribution in [3.63, 3.8) is 0 Å². The third-order valence-corrected chi connectivity index (χ3v) is 5.45. The molecule has 4 heterocycles. The highest BCUT2D eigenvalue weighted by atomic mass is 32.1. The molecule has 28 heavy (non-hydrogen) atoms. The number of hydrogen-bond acceptors (Lipinski definition) is 9. The van der Waals surface area contributed by atoms with Crippen LogP contribution in [0.4, 0.5) is 0 Å². The summed E-state index contributed by atoms with van der Waals surface area (Å²) in [7, 11) is 0. The van der Waals surface area contributed by atoms with Gasteiger partial charge in [0.1, 0.15) is 5.01 Å². The van der Waals surface area contributed by atoms with Crippen LogP contribution in [0.3, 0.4) is 0 Å². The third-order valence-electron chi connectivity index (χ3n) is 3.83. The Kier molecular flexibility index (Phi) is 5.83. The molecule has 0 saturated carbocycles. The van der Waals surface area contributed by atoms with E-state index in [-0.39, 0.29) is 12.4 Å². The first kappa shape index (κ1) is 18.5. The van der Waals surface area contributed by atoms with Crippen molar-refractivity contribution in [2.24, 2.45) is 0 Å². The summed E-state index contributed by atoms with van der Waals surface area (Å²) in [6.07, 6.45) is 4.69. The van der Waals surface area contributed by atoms with Gasteiger partial charge in [-0.15, -0.1) is 11.3 Å². The summed E-state index contributed by atoms with van der Waals surface area (Å²) in [5, 5.41) is 10.8. The van der Waals surface area contributed by atoms with E-state index >= 15 is 0 Å². The maximum Gasteiger partial charge on any atom is 0.311 e. The van der Waals surface area contributed by atoms with E-state index in [4.69, 9.17) is 9.26 Å². The number of aryl methyl sites for hydroxylation is 1. The number of carbonyl (C=O) groups is 1. The number of ether oxygens (including phenoxy) is 1. The molecular formula is C19H16N4O3S2. The van der Waals surface area contributed by atoms with E-state index in [1.54, 1.807) is 23.7 Å². The van der Waals surface area contributed by atoms with Crippen molar-refractivity contribution in [3.8, 4) is 22.0 Å². The first-order valence-corrected chi connectivity index (χ1v) is 10.5. The Morgan fingerprint density at radius 1 is 1.18 bits per heavy atom. The van der Waals surface area contributed by atoms with Gasteiger partial charge in [0.2, 0.25) is 11.7 Å². The molecule has 0 aliphatic heterocycles. The van der Waals surface area contributed by atoms with Crippen LogP contribution in [0.25, 0.3) is 22.0 Å². The van der Waals surface area contributed by atoms with Crippen LogP contribution in [0.2, 0.25) is 0 Å². The minimum Gasteiger partial charge on any atom is -0.465 e. The van der Waals surface area contributed by atoms with Crippen LogP contribution in [0.15, 0.2) is 51.3 Å². The second-order valence-corrected chi connectivity index (χ2v) is 7.55. The Morgan fingerprint density at radius 2 is 2.14 bits per heavy atom. The summed E-state index contributed by atoms with van der Waals surface area (Å²) in [5.41, 5.74) is 2.61. The van der Waals surface area contributed by atoms with Crippen LogP contribution in [0, 0.1) is 0 Å². The number of aromatic nitrogens is 4. The summed E-state index contributed by atoms with van der Waals surface area (Å²) in [6, 6.07) is 5.70. The van der Waals surface area contributed by atoms with Gasteiger partial charge >= 0.3 is 5.97 Å². The highest BCUT2D eigenvalue weighted by Gasteiger charge is 2.12. The lowest BCUT2D eigenvalue weighted by atomic mass is 10.3. The molecule has 0 atom stereocenters. The molecule has 0 aromatic carbocycles. The molecule has 142 valence electrons. The van der Waals surface area contributed by atoms with Gasteiger partial charge in [-0.1, -0.05) is 5.16 Å². The Balaban J connectivity index is 1.20. The number of hydrogen-bond donors (Lipinski definition) is 0. The summed E-state index contributed by atoms with van der Waals surface area (Å²) >= 11 is 3.16. The predicted molar refractivity (Wildman–Crippen MR) is 106 cm³/mol. The second-order valence-electron chi connectivity index (χ2n) is 5.91. The van der Waals surface area contributed by atoms with Gasteiger partial charge in [0.25, 0.3) is 0 Å². The fourth-order valence-corrected chi connectivity index (χ4v) is 4.02. The normalized spacial score (nSPS) is 10.9. The fraction of sp³-hybridized carbons (Fsp3) is 0.211. The van der Waals surface area contributed by atoms with Gasteiger partial charge in [-0.3, -0.25) is 9.78 Å². The van der Waals surface area contributed by atoms with Gasteiger partial charge in [-0.2, -0.15) is 16.3 Å². The van der Waals surface area contributed by atoms with Crippen LogP contribution in [-0.4, -0.2) is 32.7 Å². The molecule has 0 unspecified atom stereocenters. The number of nitrogens with zero attached hydrogens (tertiary/aromatic N) is 4. The van der Waals surface area contributed by atoms with Crippen molar-refractivity contribution < 1.29 is 14.1 Å². The van der Waals surface area contributed by atoms with E-state index in [9.17, 15) is 4.79 Å². The molecule has 0 fully saturated rings. The Labute approximate surface area is 169 Å². The average molecular weight is 412 g/mol. The Hall–Kier alpha value is -2.91. The molecule has 0 saturated heterocycles. The fourth-order valence-electron chi connectivity index (χ4n) is 2.48. The van der Waals surface area contributed by atoms with Crippen LogP contribution < -0.4 is 0 Å². The van der Waals surface area contributed by atoms with E-state index in [0.717, 1.165) is 21.8 Å². The van der Waals surface area contributed by atoms with Gasteiger partial charge in [0, 0.05) is 40.7 Å². The van der Waals surface area contributed by atoms with E-state index < -0.39 is 0 Å². The topological polar surface area (TPSA) is 91.0 Å². The molecule has 4 rings (SSSR count). The lowest BCUT2D eigenvalue weighted by molar-refractivity contribution is -0.143. The molecule has 4 aromatic rings. The van der Waals surface area contributed by atoms with E-state index in [2.05, 4.69) is 20.1 Å². The standard InChI is InChI=1S/C19H16N4O3S2/c24-17(9-15-12-28-19(21-15)14-5-8-27-11-14)25-7-2-4-16-22-18(23-26-16)13-3-1-6-20-10-13/h1,3,5-6,8,10-12H,2,4,7,9H2. The zero-order valence-electron chi connectivity index (χ0n) is 14.8. The zero-order chi connectivity index (χ0) is 19.2. The van der Waals surface area contributed by atoms with Crippen LogP contribution in [-0.2, 0) is 22.4 Å². The summed E-state index contributed by atoms with van der Waals surface area (Å²) in [5.74, 6) is 0.726. The van der Waals surface area contributed by atoms with Crippen molar-refractivity contribution in [1.82, 2.24) is 20.1 Å². The predicted octanol–water partition coefficient (Wildman–Crippen LogP) is 4.04. The van der Waals surface area contributed by atoms with E-state index in [1.807, 2.05) is 34.3 Å². The largest absolute Gasteiger partial charge is 0.465 e. The Morgan fingerprint density at radius 3 is 2.96 bits per heavy atom. The third kappa shape index (κ3) is 4.68. The molecular weight excluding hydrogens is 396 g/mol. The van der Waals surface area contributed by atoms with Gasteiger partial charge in [0.05, 0.1) is 18.7 Å². The molecule has 7 nitrogen and oxygen atoms in total. The number of thiophene rings is 1. The molecule has 4 aromatic heterocycles. The minimum absolute atomic E-state index is 0.173. The summed E-state index contributed by atoms with van der Waals surface area (Å²) in [4.78, 5) is 24.8. The van der Waals surface area contributed by atoms with Gasteiger partial charge < -0.3 is 9.26 Å².